The Morgan fingerprint density at radius 2 is 1.77 bits per heavy atom. The summed E-state index contributed by atoms with van der Waals surface area (Å²) < 4.78 is 0. The molecule has 2 heterocycles. The lowest BCUT2D eigenvalue weighted by atomic mass is 9.96. The molecule has 26 heavy (non-hydrogen) atoms. The summed E-state index contributed by atoms with van der Waals surface area (Å²) in [6.45, 7) is 6.18. The van der Waals surface area contributed by atoms with Crippen LogP contribution in [0.2, 0.25) is 0 Å². The smallest absolute Gasteiger partial charge is 0.225 e. The molecule has 0 unspecified atom stereocenters. The number of carbonyl (C=O) groups excluding carboxylic acids is 1. The number of phenols is 1. The molecule has 0 saturated carbocycles. The lowest BCUT2D eigenvalue weighted by Gasteiger charge is -2.31. The van der Waals surface area contributed by atoms with Crippen LogP contribution in [0, 0.1) is 19.8 Å². The Morgan fingerprint density at radius 1 is 1.15 bits per heavy atom. The van der Waals surface area contributed by atoms with Crippen LogP contribution in [-0.4, -0.2) is 40.6 Å². The summed E-state index contributed by atoms with van der Waals surface area (Å²) in [5.41, 5.74) is 3.05. The molecule has 1 fully saturated rings. The number of nitrogens with zero attached hydrogens (tertiary/aromatic N) is 3. The average molecular weight is 354 g/mol. The Morgan fingerprint density at radius 3 is 2.38 bits per heavy atom. The largest absolute Gasteiger partial charge is 0.508 e. The first kappa shape index (κ1) is 18.2. The first-order valence-corrected chi connectivity index (χ1v) is 9.14. The molecule has 0 radical (unpaired) electrons. The molecule has 1 aromatic carbocycles. The van der Waals surface area contributed by atoms with Gasteiger partial charge in [-0.2, -0.15) is 0 Å². The maximum absolute atomic E-state index is 12.4. The maximum Gasteiger partial charge on any atom is 0.225 e. The van der Waals surface area contributed by atoms with Gasteiger partial charge in [-0.3, -0.25) is 4.79 Å². The lowest BCUT2D eigenvalue weighted by molar-refractivity contribution is -0.125. The first-order chi connectivity index (χ1) is 12.5. The fourth-order valence-corrected chi connectivity index (χ4v) is 3.33. The fraction of sp³-hybridized carbons (Fsp3) is 0.450. The molecule has 0 spiro atoms. The van der Waals surface area contributed by atoms with Crippen molar-refractivity contribution in [2.75, 3.05) is 24.5 Å². The Bertz CT molecular complexity index is 733. The van der Waals surface area contributed by atoms with Crippen molar-refractivity contribution in [2.24, 2.45) is 5.92 Å². The second-order valence-corrected chi connectivity index (χ2v) is 6.92. The third-order valence-electron chi connectivity index (χ3n) is 4.77. The molecule has 1 aliphatic rings. The van der Waals surface area contributed by atoms with Crippen LogP contribution in [0.3, 0.4) is 0 Å². The van der Waals surface area contributed by atoms with Crippen molar-refractivity contribution in [3.05, 3.63) is 47.3 Å². The number of piperidine rings is 1. The SMILES string of the molecule is Cc1cc(C)nc(N2CCC(C(=O)NCCc3ccc(O)cc3)CC2)n1. The predicted molar refractivity (Wildman–Crippen MR) is 101 cm³/mol. The molecule has 1 aromatic heterocycles. The van der Waals surface area contributed by atoms with Gasteiger partial charge in [0, 0.05) is 36.9 Å². The highest BCUT2D eigenvalue weighted by Crippen LogP contribution is 2.21. The summed E-state index contributed by atoms with van der Waals surface area (Å²) in [5, 5.41) is 12.3. The van der Waals surface area contributed by atoms with Crippen LogP contribution < -0.4 is 10.2 Å². The van der Waals surface area contributed by atoms with Crippen molar-refractivity contribution in [3.8, 4) is 5.75 Å². The maximum atomic E-state index is 12.4. The predicted octanol–water partition coefficient (Wildman–Crippen LogP) is 2.37. The minimum Gasteiger partial charge on any atom is -0.508 e. The number of phenolic OH excluding ortho intramolecular Hbond substituents is 1. The number of rotatable bonds is 5. The molecule has 0 aliphatic carbocycles. The summed E-state index contributed by atoms with van der Waals surface area (Å²) in [5.74, 6) is 1.22. The normalized spacial score (nSPS) is 15.1. The number of aromatic hydroxyl groups is 1. The number of benzene rings is 1. The van der Waals surface area contributed by atoms with Gasteiger partial charge in [-0.25, -0.2) is 9.97 Å². The van der Waals surface area contributed by atoms with Crippen molar-refractivity contribution in [1.29, 1.82) is 0 Å². The van der Waals surface area contributed by atoms with Crippen molar-refractivity contribution in [1.82, 2.24) is 15.3 Å². The Kier molecular flexibility index (Phi) is 5.71. The van der Waals surface area contributed by atoms with Crippen molar-refractivity contribution in [2.45, 2.75) is 33.1 Å². The van der Waals surface area contributed by atoms with Crippen molar-refractivity contribution in [3.63, 3.8) is 0 Å². The Balaban J connectivity index is 1.45. The van der Waals surface area contributed by atoms with Gasteiger partial charge in [0.15, 0.2) is 0 Å². The number of carbonyl (C=O) groups is 1. The summed E-state index contributed by atoms with van der Waals surface area (Å²) in [6.07, 6.45) is 2.41. The van der Waals surface area contributed by atoms with Crippen molar-refractivity contribution >= 4 is 11.9 Å². The molecule has 2 N–H and O–H groups in total. The molecule has 3 rings (SSSR count). The highest BCUT2D eigenvalue weighted by Gasteiger charge is 2.26. The van der Waals surface area contributed by atoms with Gasteiger partial charge in [0.05, 0.1) is 0 Å². The van der Waals surface area contributed by atoms with E-state index in [4.69, 9.17) is 0 Å². The monoisotopic (exact) mass is 354 g/mol. The number of aryl methyl sites for hydroxylation is 2. The van der Waals surface area contributed by atoms with Gasteiger partial charge in [-0.15, -0.1) is 0 Å². The van der Waals surface area contributed by atoms with E-state index in [0.717, 1.165) is 55.3 Å². The van der Waals surface area contributed by atoms with E-state index >= 15 is 0 Å². The number of hydrogen-bond donors (Lipinski definition) is 2. The van der Waals surface area contributed by atoms with Gasteiger partial charge < -0.3 is 15.3 Å². The third kappa shape index (κ3) is 4.71. The highest BCUT2D eigenvalue weighted by molar-refractivity contribution is 5.78. The molecule has 138 valence electrons. The van der Waals surface area contributed by atoms with Gasteiger partial charge in [-0.05, 0) is 56.9 Å². The molecule has 2 aromatic rings. The molecule has 1 amide bonds. The Hall–Kier alpha value is -2.63. The van der Waals surface area contributed by atoms with Gasteiger partial charge in [0.25, 0.3) is 0 Å². The quantitative estimate of drug-likeness (QED) is 0.862. The zero-order valence-electron chi connectivity index (χ0n) is 15.4. The molecular formula is C20H26N4O2. The fourth-order valence-electron chi connectivity index (χ4n) is 3.33. The standard InChI is InChI=1S/C20H26N4O2/c1-14-13-15(2)23-20(22-14)24-11-8-17(9-12-24)19(26)21-10-7-16-3-5-18(25)6-4-16/h3-6,13,17,25H,7-12H2,1-2H3,(H,21,26). The second kappa shape index (κ2) is 8.17. The number of anilines is 1. The lowest BCUT2D eigenvalue weighted by Crippen LogP contribution is -2.41. The van der Waals surface area contributed by atoms with Crippen LogP contribution in [-0.2, 0) is 11.2 Å². The van der Waals surface area contributed by atoms with Crippen LogP contribution in [0.5, 0.6) is 5.75 Å². The third-order valence-corrected chi connectivity index (χ3v) is 4.77. The van der Waals surface area contributed by atoms with E-state index in [-0.39, 0.29) is 17.6 Å². The Labute approximate surface area is 154 Å². The van der Waals surface area contributed by atoms with E-state index in [2.05, 4.69) is 20.2 Å². The zero-order chi connectivity index (χ0) is 18.5. The first-order valence-electron chi connectivity index (χ1n) is 9.14. The van der Waals surface area contributed by atoms with E-state index in [1.807, 2.05) is 32.0 Å². The number of nitrogens with one attached hydrogen (secondary N) is 1. The van der Waals surface area contributed by atoms with Crippen LogP contribution in [0.1, 0.15) is 29.8 Å². The summed E-state index contributed by atoms with van der Waals surface area (Å²) in [7, 11) is 0. The van der Waals surface area contributed by atoms with E-state index in [1.165, 1.54) is 0 Å². The minimum atomic E-state index is 0.0528. The minimum absolute atomic E-state index is 0.0528. The van der Waals surface area contributed by atoms with Crippen LogP contribution >= 0.6 is 0 Å². The summed E-state index contributed by atoms with van der Waals surface area (Å²) in [6, 6.07) is 9.06. The van der Waals surface area contributed by atoms with E-state index < -0.39 is 0 Å². The van der Waals surface area contributed by atoms with Crippen LogP contribution in [0.15, 0.2) is 30.3 Å². The molecule has 0 atom stereocenters. The van der Waals surface area contributed by atoms with Crippen LogP contribution in [0.25, 0.3) is 0 Å². The van der Waals surface area contributed by atoms with Gasteiger partial charge in [0.1, 0.15) is 5.75 Å². The van der Waals surface area contributed by atoms with Gasteiger partial charge in [0.2, 0.25) is 11.9 Å². The molecule has 6 heteroatoms. The number of aromatic nitrogens is 2. The summed E-state index contributed by atoms with van der Waals surface area (Å²) in [4.78, 5) is 23.6. The van der Waals surface area contributed by atoms with Crippen molar-refractivity contribution < 1.29 is 9.90 Å². The molecular weight excluding hydrogens is 328 g/mol. The summed E-state index contributed by atoms with van der Waals surface area (Å²) >= 11 is 0. The molecule has 1 saturated heterocycles. The molecule has 6 nitrogen and oxygen atoms in total. The average Bonchev–Trinajstić information content (AvgIpc) is 2.62. The van der Waals surface area contributed by atoms with Gasteiger partial charge >= 0.3 is 0 Å². The van der Waals surface area contributed by atoms with E-state index in [1.54, 1.807) is 12.1 Å². The molecule has 0 bridgehead atoms. The highest BCUT2D eigenvalue weighted by atomic mass is 16.3. The zero-order valence-corrected chi connectivity index (χ0v) is 15.4. The van der Waals surface area contributed by atoms with E-state index in [0.29, 0.717) is 6.54 Å². The second-order valence-electron chi connectivity index (χ2n) is 6.92. The number of amides is 1. The van der Waals surface area contributed by atoms with Crippen LogP contribution in [0.4, 0.5) is 5.95 Å². The topological polar surface area (TPSA) is 78.4 Å². The molecule has 1 aliphatic heterocycles. The van der Waals surface area contributed by atoms with Gasteiger partial charge in [-0.1, -0.05) is 12.1 Å². The van der Waals surface area contributed by atoms with E-state index in [9.17, 15) is 9.90 Å². The number of hydrogen-bond acceptors (Lipinski definition) is 5.